The standard InChI is InChI=1S/C12H13NO4S/c1-6-5-9-8(11(14)7(6)2)3-4-10(13)12(9)18(15,16)17/h3-5,14H,13H2,1-2H3,(H,15,16,17). The predicted molar refractivity (Wildman–Crippen MR) is 69.3 cm³/mol. The van der Waals surface area contributed by atoms with Crippen LogP contribution in [0.4, 0.5) is 5.69 Å². The number of anilines is 1. The molecular weight excluding hydrogens is 254 g/mol. The lowest BCUT2D eigenvalue weighted by atomic mass is 10.0. The van der Waals surface area contributed by atoms with Gasteiger partial charge in [0.15, 0.2) is 0 Å². The number of nitrogens with two attached hydrogens (primary N) is 1. The van der Waals surface area contributed by atoms with Gasteiger partial charge in [-0.25, -0.2) is 0 Å². The minimum absolute atomic E-state index is 0.00472. The highest BCUT2D eigenvalue weighted by atomic mass is 32.2. The van der Waals surface area contributed by atoms with Crippen LogP contribution in [0.2, 0.25) is 0 Å². The number of phenols is 1. The lowest BCUT2D eigenvalue weighted by Gasteiger charge is -2.12. The molecule has 2 aromatic carbocycles. The largest absolute Gasteiger partial charge is 0.507 e. The first kappa shape index (κ1) is 12.7. The molecule has 0 amide bonds. The zero-order valence-electron chi connectivity index (χ0n) is 9.93. The zero-order chi connectivity index (χ0) is 13.7. The number of rotatable bonds is 1. The number of benzene rings is 2. The number of fused-ring (bicyclic) bond motifs is 1. The second kappa shape index (κ2) is 3.86. The van der Waals surface area contributed by atoms with Crippen molar-refractivity contribution in [1.82, 2.24) is 0 Å². The third-order valence-electron chi connectivity index (χ3n) is 3.05. The molecule has 0 saturated heterocycles. The molecule has 0 aliphatic rings. The summed E-state index contributed by atoms with van der Waals surface area (Å²) in [6.07, 6.45) is 0. The molecule has 6 heteroatoms. The second-order valence-corrected chi connectivity index (χ2v) is 5.58. The van der Waals surface area contributed by atoms with E-state index in [1.54, 1.807) is 19.9 Å². The number of nitrogen functional groups attached to an aromatic ring is 1. The van der Waals surface area contributed by atoms with Crippen LogP contribution in [0.15, 0.2) is 23.1 Å². The topological polar surface area (TPSA) is 101 Å². The lowest BCUT2D eigenvalue weighted by Crippen LogP contribution is -2.04. The molecule has 0 aliphatic carbocycles. The molecule has 0 aromatic heterocycles. The van der Waals surface area contributed by atoms with Crippen LogP contribution >= 0.6 is 0 Å². The van der Waals surface area contributed by atoms with Crippen molar-refractivity contribution in [3.05, 3.63) is 29.3 Å². The van der Waals surface area contributed by atoms with Crippen molar-refractivity contribution >= 4 is 26.6 Å². The maximum absolute atomic E-state index is 11.4. The highest BCUT2D eigenvalue weighted by molar-refractivity contribution is 7.86. The van der Waals surface area contributed by atoms with Gasteiger partial charge in [-0.1, -0.05) is 0 Å². The minimum Gasteiger partial charge on any atom is -0.507 e. The van der Waals surface area contributed by atoms with Gasteiger partial charge in [0.1, 0.15) is 10.6 Å². The Bertz CT molecular complexity index is 750. The Hall–Kier alpha value is -1.79. The molecule has 0 fully saturated rings. The quantitative estimate of drug-likeness (QED) is 0.542. The Morgan fingerprint density at radius 2 is 1.78 bits per heavy atom. The van der Waals surface area contributed by atoms with Crippen LogP contribution in [0.5, 0.6) is 5.75 Å². The number of hydrogen-bond donors (Lipinski definition) is 3. The molecule has 0 bridgehead atoms. The van der Waals surface area contributed by atoms with Gasteiger partial charge < -0.3 is 10.8 Å². The smallest absolute Gasteiger partial charge is 0.297 e. The summed E-state index contributed by atoms with van der Waals surface area (Å²) in [4.78, 5) is -0.363. The summed E-state index contributed by atoms with van der Waals surface area (Å²) in [5, 5.41) is 10.6. The Kier molecular flexibility index (Phi) is 2.71. The van der Waals surface area contributed by atoms with E-state index in [1.165, 1.54) is 12.1 Å². The molecule has 2 aromatic rings. The number of hydrogen-bond acceptors (Lipinski definition) is 4. The lowest BCUT2D eigenvalue weighted by molar-refractivity contribution is 0.477. The maximum atomic E-state index is 11.4. The molecule has 2 rings (SSSR count). The van der Waals surface area contributed by atoms with Gasteiger partial charge in [-0.3, -0.25) is 4.55 Å². The van der Waals surface area contributed by atoms with Crippen LogP contribution in [0.1, 0.15) is 11.1 Å². The monoisotopic (exact) mass is 267 g/mol. The van der Waals surface area contributed by atoms with E-state index >= 15 is 0 Å². The molecular formula is C12H13NO4S. The molecule has 0 heterocycles. The van der Waals surface area contributed by atoms with Gasteiger partial charge in [0.05, 0.1) is 5.69 Å². The summed E-state index contributed by atoms with van der Waals surface area (Å²) >= 11 is 0. The number of aromatic hydroxyl groups is 1. The summed E-state index contributed by atoms with van der Waals surface area (Å²) < 4.78 is 32.0. The molecule has 0 spiro atoms. The fourth-order valence-electron chi connectivity index (χ4n) is 1.97. The van der Waals surface area contributed by atoms with Gasteiger partial charge in [0, 0.05) is 10.8 Å². The molecule has 0 aliphatic heterocycles. The van der Waals surface area contributed by atoms with Crippen molar-refractivity contribution in [2.75, 3.05) is 5.73 Å². The molecule has 5 nitrogen and oxygen atoms in total. The zero-order valence-corrected chi connectivity index (χ0v) is 10.7. The fourth-order valence-corrected chi connectivity index (χ4v) is 2.78. The van der Waals surface area contributed by atoms with E-state index in [-0.39, 0.29) is 21.7 Å². The Labute approximate surface area is 105 Å². The Morgan fingerprint density at radius 3 is 2.33 bits per heavy atom. The Morgan fingerprint density at radius 1 is 1.17 bits per heavy atom. The van der Waals surface area contributed by atoms with E-state index in [2.05, 4.69) is 0 Å². The predicted octanol–water partition coefficient (Wildman–Crippen LogP) is 1.99. The summed E-state index contributed by atoms with van der Waals surface area (Å²) in [7, 11) is -4.44. The summed E-state index contributed by atoms with van der Waals surface area (Å²) in [5.74, 6) is -0.00472. The van der Waals surface area contributed by atoms with Crippen molar-refractivity contribution < 1.29 is 18.1 Å². The van der Waals surface area contributed by atoms with E-state index in [0.717, 1.165) is 5.56 Å². The van der Waals surface area contributed by atoms with Gasteiger partial charge in [-0.2, -0.15) is 8.42 Å². The van der Waals surface area contributed by atoms with Gasteiger partial charge in [0.2, 0.25) is 0 Å². The average molecular weight is 267 g/mol. The highest BCUT2D eigenvalue weighted by Gasteiger charge is 2.20. The van der Waals surface area contributed by atoms with Crippen LogP contribution < -0.4 is 5.73 Å². The van der Waals surface area contributed by atoms with E-state index in [4.69, 9.17) is 5.73 Å². The van der Waals surface area contributed by atoms with Crippen molar-refractivity contribution in [2.24, 2.45) is 0 Å². The van der Waals surface area contributed by atoms with Crippen molar-refractivity contribution in [2.45, 2.75) is 18.7 Å². The van der Waals surface area contributed by atoms with Crippen molar-refractivity contribution in [1.29, 1.82) is 0 Å². The van der Waals surface area contributed by atoms with Crippen LogP contribution in [0, 0.1) is 13.8 Å². The highest BCUT2D eigenvalue weighted by Crippen LogP contribution is 2.36. The van der Waals surface area contributed by atoms with Crippen molar-refractivity contribution in [3.8, 4) is 5.75 Å². The molecule has 18 heavy (non-hydrogen) atoms. The van der Waals surface area contributed by atoms with Crippen LogP contribution in [-0.2, 0) is 10.1 Å². The molecule has 0 atom stereocenters. The number of phenolic OH excluding ortho intramolecular Hbond substituents is 1. The van der Waals surface area contributed by atoms with E-state index in [1.807, 2.05) is 0 Å². The van der Waals surface area contributed by atoms with E-state index < -0.39 is 10.1 Å². The molecule has 0 saturated carbocycles. The summed E-state index contributed by atoms with van der Waals surface area (Å²) in [6.45, 7) is 3.47. The minimum atomic E-state index is -4.44. The molecule has 0 unspecified atom stereocenters. The van der Waals surface area contributed by atoms with Crippen LogP contribution in [0.3, 0.4) is 0 Å². The van der Waals surface area contributed by atoms with E-state index in [0.29, 0.717) is 10.9 Å². The maximum Gasteiger partial charge on any atom is 0.297 e. The van der Waals surface area contributed by atoms with Gasteiger partial charge >= 0.3 is 0 Å². The molecule has 4 N–H and O–H groups in total. The summed E-state index contributed by atoms with van der Waals surface area (Å²) in [6, 6.07) is 4.46. The second-order valence-electron chi connectivity index (χ2n) is 4.22. The first-order chi connectivity index (χ1) is 8.23. The first-order valence-corrected chi connectivity index (χ1v) is 6.66. The SMILES string of the molecule is Cc1cc2c(S(=O)(=O)O)c(N)ccc2c(O)c1C. The van der Waals surface area contributed by atoms with Crippen LogP contribution in [-0.4, -0.2) is 18.1 Å². The Balaban J connectivity index is 3.09. The first-order valence-electron chi connectivity index (χ1n) is 5.22. The summed E-state index contributed by atoms with van der Waals surface area (Å²) in [5.41, 5.74) is 6.92. The third kappa shape index (κ3) is 1.79. The fraction of sp³-hybridized carbons (Fsp3) is 0.167. The molecule has 96 valence electrons. The third-order valence-corrected chi connectivity index (χ3v) is 4.02. The van der Waals surface area contributed by atoms with Gasteiger partial charge in [0.25, 0.3) is 10.1 Å². The van der Waals surface area contributed by atoms with Crippen molar-refractivity contribution in [3.63, 3.8) is 0 Å². The average Bonchev–Trinajstić information content (AvgIpc) is 2.24. The van der Waals surface area contributed by atoms with E-state index in [9.17, 15) is 18.1 Å². The number of aryl methyl sites for hydroxylation is 1. The van der Waals surface area contributed by atoms with Crippen LogP contribution in [0.25, 0.3) is 10.8 Å². The van der Waals surface area contributed by atoms with Gasteiger partial charge in [-0.05, 0) is 43.2 Å². The molecule has 0 radical (unpaired) electrons. The normalized spacial score (nSPS) is 11.9. The van der Waals surface area contributed by atoms with Gasteiger partial charge in [-0.15, -0.1) is 0 Å².